The molecule has 18 nitrogen and oxygen atoms in total. The first-order valence-corrected chi connectivity index (χ1v) is 38.6. The van der Waals surface area contributed by atoms with Gasteiger partial charge in [-0.25, -0.2) is 8.78 Å². The fourth-order valence-corrected chi connectivity index (χ4v) is 18.4. The molecule has 6 aromatic carbocycles. The number of amidine groups is 3. The molecule has 9 aliphatic rings. The molecule has 3 N–H and O–H groups in total. The summed E-state index contributed by atoms with van der Waals surface area (Å²) in [6.45, 7) is 3.57. The van der Waals surface area contributed by atoms with Crippen LogP contribution in [0.25, 0.3) is 0 Å². The van der Waals surface area contributed by atoms with E-state index in [0.717, 1.165) is 16.7 Å². The third-order valence-corrected chi connectivity index (χ3v) is 23.8. The fraction of sp³-hybridized carbons (Fsp3) is 0.494. The number of nitrogens with zero attached hydrogens (tertiary/aromatic N) is 6. The Morgan fingerprint density at radius 2 is 0.669 bits per heavy atom. The Bertz CT molecular complexity index is 4770. The highest BCUT2D eigenvalue weighted by atomic mass is 19.4. The van der Waals surface area contributed by atoms with E-state index in [0.29, 0.717) is 125 Å². The van der Waals surface area contributed by atoms with Crippen LogP contribution in [0.4, 0.5) is 87.8 Å². The standard InChI is InChI=1S/C28H27F7N2O4.C28H28F6N2O4.C27H25F7N2O4/c1-14-6-19(29)3-4-20(14)25-21-11-37(26-36-24(39)13-40-26)10-15(21)2-5-22(25)41-23(12-38)16-7-17(27(30,31)32)9-18(8-16)28(33,34)35;1-15-4-2-3-5-20(15)25-21-12-36(26-35-24(38)14-39-26)11-16(21)6-7-22(25)40-23(13-37)17-8-18(27(29,30)31)10-19(9-17)28(32,33)34;28-19-4-1-14(2-5-19)24-20-11-36(25-35-23(38)13-39-25)10-15(20)3-6-21(24)40-22(12-37)16-7-17(26(29,30)31)9-18(8-16)27(32,33)34/h3-4,6-9,15,21-23,25,38H,2,5,10-13H2,1H3;2-5,8-10,16,21-23,25,37H,6-7,11-14H2,1H3;1-2,4-5,7-9,15,20-22,24,37H,3,6,10-13H2/t15-,21-,22+,23-,25+;16-,21-,22+,23-,25+;15-,20-,21+,22-,24+/m111/s1. The molecule has 15 rings (SSSR count). The molecule has 3 saturated carbocycles. The van der Waals surface area contributed by atoms with Crippen molar-refractivity contribution in [2.75, 3.05) is 78.9 Å². The van der Waals surface area contributed by atoms with Crippen LogP contribution in [0.2, 0.25) is 0 Å². The van der Waals surface area contributed by atoms with Crippen molar-refractivity contribution in [2.45, 2.75) is 144 Å². The van der Waals surface area contributed by atoms with Gasteiger partial charge in [-0.05, 0) is 211 Å². The number of ether oxygens (including phenoxy) is 6. The molecule has 6 aromatic rings. The van der Waals surface area contributed by atoms with Crippen LogP contribution in [0, 0.1) is 61.0 Å². The molecule has 3 amide bonds. The van der Waals surface area contributed by atoms with Crippen molar-refractivity contribution in [3.05, 3.63) is 211 Å². The molecule has 0 aromatic heterocycles. The average Bonchev–Trinajstić information content (AvgIpc) is 1.63. The van der Waals surface area contributed by atoms with Crippen LogP contribution < -0.4 is 0 Å². The zero-order valence-corrected chi connectivity index (χ0v) is 64.2. The molecule has 6 aliphatic heterocycles. The van der Waals surface area contributed by atoms with Crippen molar-refractivity contribution in [1.29, 1.82) is 0 Å². The van der Waals surface area contributed by atoms with E-state index in [1.807, 2.05) is 45.9 Å². The molecular weight excluding hydrogens is 1650 g/mol. The molecule has 654 valence electrons. The van der Waals surface area contributed by atoms with Gasteiger partial charge in [0, 0.05) is 57.0 Å². The number of hydrogen-bond donors (Lipinski definition) is 3. The van der Waals surface area contributed by atoms with E-state index in [1.54, 1.807) is 25.1 Å². The first-order valence-electron chi connectivity index (χ1n) is 38.6. The van der Waals surface area contributed by atoms with Gasteiger partial charge in [0.25, 0.3) is 35.8 Å². The number of carbonyl (C=O) groups excluding carboxylic acids is 3. The van der Waals surface area contributed by atoms with Crippen molar-refractivity contribution >= 4 is 35.8 Å². The lowest BCUT2D eigenvalue weighted by Gasteiger charge is -2.41. The predicted octanol–water partition coefficient (Wildman–Crippen LogP) is 16.4. The maximum atomic E-state index is 14.0. The van der Waals surface area contributed by atoms with Gasteiger partial charge in [-0.15, -0.1) is 0 Å². The number of alkyl halides is 18. The summed E-state index contributed by atoms with van der Waals surface area (Å²) in [5.41, 5.74) is -6.33. The molecule has 121 heavy (non-hydrogen) atoms. The molecule has 38 heteroatoms. The maximum Gasteiger partial charge on any atom is 0.416 e. The monoisotopic (exact) mass is 1730 g/mol. The van der Waals surface area contributed by atoms with E-state index >= 15 is 0 Å². The Hall–Kier alpha value is -9.50. The van der Waals surface area contributed by atoms with Crippen molar-refractivity contribution < 1.29 is 146 Å². The molecule has 6 fully saturated rings. The molecule has 3 aliphatic carbocycles. The van der Waals surface area contributed by atoms with E-state index in [-0.39, 0.29) is 103 Å². The van der Waals surface area contributed by atoms with Crippen LogP contribution in [0.15, 0.2) is 136 Å². The summed E-state index contributed by atoms with van der Waals surface area (Å²) in [7, 11) is 0. The summed E-state index contributed by atoms with van der Waals surface area (Å²) in [6.07, 6.45) is -33.6. The van der Waals surface area contributed by atoms with E-state index in [9.17, 15) is 118 Å². The summed E-state index contributed by atoms with van der Waals surface area (Å²) >= 11 is 0. The summed E-state index contributed by atoms with van der Waals surface area (Å²) in [4.78, 5) is 52.2. The quantitative estimate of drug-likeness (QED) is 0.0816. The van der Waals surface area contributed by atoms with Crippen molar-refractivity contribution in [1.82, 2.24) is 14.7 Å². The predicted molar refractivity (Wildman–Crippen MR) is 389 cm³/mol. The van der Waals surface area contributed by atoms with Gasteiger partial charge in [0.1, 0.15) is 29.9 Å². The first kappa shape index (κ1) is 89.3. The largest absolute Gasteiger partial charge is 0.455 e. The third-order valence-electron chi connectivity index (χ3n) is 23.8. The van der Waals surface area contributed by atoms with Gasteiger partial charge in [-0.1, -0.05) is 42.5 Å². The summed E-state index contributed by atoms with van der Waals surface area (Å²) in [6, 6.07) is 21.7. The zero-order valence-electron chi connectivity index (χ0n) is 64.2. The first-order chi connectivity index (χ1) is 56.9. The number of rotatable bonds is 15. The lowest BCUT2D eigenvalue weighted by molar-refractivity contribution is -0.145. The van der Waals surface area contributed by atoms with Crippen molar-refractivity contribution in [2.24, 2.45) is 50.5 Å². The van der Waals surface area contributed by atoms with Gasteiger partial charge in [-0.2, -0.15) is 94.0 Å². The second-order valence-corrected chi connectivity index (χ2v) is 31.5. The van der Waals surface area contributed by atoms with Crippen LogP contribution >= 0.6 is 0 Å². The number of aryl methyl sites for hydroxylation is 2. The third kappa shape index (κ3) is 20.4. The molecule has 6 heterocycles. The van der Waals surface area contributed by atoms with Crippen LogP contribution in [-0.2, 0) is 79.9 Å². The van der Waals surface area contributed by atoms with Crippen LogP contribution in [0.5, 0.6) is 0 Å². The number of halogens is 20. The molecule has 0 radical (unpaired) electrons. The van der Waals surface area contributed by atoms with Gasteiger partial charge in [0.2, 0.25) is 0 Å². The van der Waals surface area contributed by atoms with E-state index in [2.05, 4.69) is 15.0 Å². The number of aliphatic imine (C=N–C) groups is 3. The lowest BCUT2D eigenvalue weighted by Crippen LogP contribution is -2.39. The van der Waals surface area contributed by atoms with Crippen LogP contribution in [-0.4, -0.2) is 163 Å². The maximum absolute atomic E-state index is 14.0. The number of hydrogen-bond acceptors (Lipinski definition) is 15. The molecule has 0 spiro atoms. The topological polar surface area (TPSA) is 214 Å². The normalized spacial score (nSPS) is 25.8. The molecule has 15 atom stereocenters. The van der Waals surface area contributed by atoms with E-state index in [1.165, 1.54) is 24.3 Å². The number of carbonyl (C=O) groups is 3. The van der Waals surface area contributed by atoms with Crippen LogP contribution in [0.1, 0.15) is 152 Å². The van der Waals surface area contributed by atoms with Gasteiger partial charge in [-0.3, -0.25) is 14.4 Å². The Morgan fingerprint density at radius 3 is 0.959 bits per heavy atom. The fourth-order valence-electron chi connectivity index (χ4n) is 18.4. The summed E-state index contributed by atoms with van der Waals surface area (Å²) < 4.78 is 306. The van der Waals surface area contributed by atoms with Crippen molar-refractivity contribution in [3.8, 4) is 0 Å². The highest BCUT2D eigenvalue weighted by Crippen LogP contribution is 2.54. The highest BCUT2D eigenvalue weighted by molar-refractivity contribution is 5.97. The van der Waals surface area contributed by atoms with E-state index < -0.39 is 179 Å². The number of aliphatic hydroxyl groups excluding tert-OH is 3. The van der Waals surface area contributed by atoms with Crippen LogP contribution in [0.3, 0.4) is 0 Å². The lowest BCUT2D eigenvalue weighted by atomic mass is 9.68. The Balaban J connectivity index is 0.000000157. The van der Waals surface area contributed by atoms with Gasteiger partial charge < -0.3 is 58.4 Å². The van der Waals surface area contributed by atoms with Gasteiger partial charge >= 0.3 is 37.1 Å². The number of benzene rings is 6. The molecule has 0 bridgehead atoms. The van der Waals surface area contributed by atoms with Gasteiger partial charge in [0.05, 0.1) is 71.5 Å². The minimum Gasteiger partial charge on any atom is -0.455 e. The molecular formula is C83H80F20N6O12. The second kappa shape index (κ2) is 35.4. The SMILES string of the molecule is Cc1cc(F)ccc1[C@H]1[C@@H]2CN(C3=NC(=O)CO3)C[C@H]2CC[C@@H]1O[C@H](CO)c1cc(C(F)(F)F)cc(C(F)(F)F)c1.Cc1ccccc1[C@H]1[C@@H]2CN(C3=NC(=O)CO3)C[C@H]2CC[C@@H]1O[C@H](CO)c1cc(C(F)(F)F)cc(C(F)(F)F)c1.O=C1COC(N2C[C@H]3CC[C@H](O[C@H](CO)c4cc(C(F)(F)F)cc(C(F)(F)F)c4)[C@@H](c4ccc(F)cc4)[C@@H]3C2)=N1. The Morgan fingerprint density at radius 1 is 0.372 bits per heavy atom. The Labute approximate surface area is 678 Å². The minimum atomic E-state index is -5.05. The zero-order chi connectivity index (χ0) is 87.3. The smallest absolute Gasteiger partial charge is 0.416 e. The number of likely N-dealkylation sites (tertiary alicyclic amines) is 3. The number of aliphatic hydroxyl groups is 3. The average molecular weight is 1730 g/mol. The summed E-state index contributed by atoms with van der Waals surface area (Å²) in [5.74, 6) is -3.28. The number of fused-ring (bicyclic) bond motifs is 3. The Kier molecular flexibility index (Phi) is 26.1. The molecule has 0 unspecified atom stereocenters. The summed E-state index contributed by atoms with van der Waals surface area (Å²) in [5, 5.41) is 30.4. The second-order valence-electron chi connectivity index (χ2n) is 31.5. The minimum absolute atomic E-state index is 0.0200. The van der Waals surface area contributed by atoms with Crippen molar-refractivity contribution in [3.63, 3.8) is 0 Å². The number of amides is 3. The van der Waals surface area contributed by atoms with E-state index in [4.69, 9.17) is 28.4 Å². The molecule has 3 saturated heterocycles. The van der Waals surface area contributed by atoms with Gasteiger partial charge in [0.15, 0.2) is 19.8 Å². The highest BCUT2D eigenvalue weighted by Gasteiger charge is 2.53.